The van der Waals surface area contributed by atoms with E-state index in [0.717, 1.165) is 0 Å². The van der Waals surface area contributed by atoms with E-state index in [2.05, 4.69) is 10.1 Å². The Morgan fingerprint density at radius 1 is 1.37 bits per heavy atom. The molecule has 5 nitrogen and oxygen atoms in total. The van der Waals surface area contributed by atoms with E-state index in [9.17, 15) is 9.18 Å². The quantitative estimate of drug-likeness (QED) is 0.830. The summed E-state index contributed by atoms with van der Waals surface area (Å²) in [5.41, 5.74) is 0.685. The molecular formula is C13H12FN3O2. The third-order valence-electron chi connectivity index (χ3n) is 3.16. The number of aromatic nitrogens is 2. The van der Waals surface area contributed by atoms with Crippen molar-refractivity contribution in [3.63, 3.8) is 0 Å². The molecule has 1 aromatic carbocycles. The van der Waals surface area contributed by atoms with Crippen LogP contribution in [0.15, 0.2) is 28.8 Å². The fourth-order valence-corrected chi connectivity index (χ4v) is 2.22. The molecule has 3 rings (SSSR count). The Labute approximate surface area is 109 Å². The van der Waals surface area contributed by atoms with E-state index in [1.807, 2.05) is 0 Å². The van der Waals surface area contributed by atoms with E-state index in [4.69, 9.17) is 4.52 Å². The first-order valence-electron chi connectivity index (χ1n) is 5.99. The van der Waals surface area contributed by atoms with Crippen molar-refractivity contribution in [1.82, 2.24) is 10.1 Å². The van der Waals surface area contributed by atoms with Gasteiger partial charge in [0.1, 0.15) is 5.82 Å². The lowest BCUT2D eigenvalue weighted by molar-refractivity contribution is -0.117. The van der Waals surface area contributed by atoms with Crippen LogP contribution in [0.2, 0.25) is 0 Å². The number of carbonyl (C=O) groups is 1. The largest absolute Gasteiger partial charge is 0.339 e. The molecule has 0 aliphatic carbocycles. The van der Waals surface area contributed by atoms with Crippen molar-refractivity contribution in [3.8, 4) is 0 Å². The number of hydrogen-bond donors (Lipinski definition) is 0. The van der Waals surface area contributed by atoms with Crippen molar-refractivity contribution in [3.05, 3.63) is 41.8 Å². The number of carbonyl (C=O) groups excluding carboxylic acids is 1. The second-order valence-corrected chi connectivity index (χ2v) is 4.56. The minimum Gasteiger partial charge on any atom is -0.339 e. The molecule has 1 aromatic heterocycles. The Kier molecular flexibility index (Phi) is 2.77. The Hall–Kier alpha value is -2.24. The van der Waals surface area contributed by atoms with E-state index >= 15 is 0 Å². The van der Waals surface area contributed by atoms with Crippen LogP contribution >= 0.6 is 0 Å². The van der Waals surface area contributed by atoms with Crippen LogP contribution in [0.1, 0.15) is 24.1 Å². The molecule has 0 radical (unpaired) electrons. The topological polar surface area (TPSA) is 59.2 Å². The molecule has 6 heteroatoms. The van der Waals surface area contributed by atoms with Crippen molar-refractivity contribution in [2.45, 2.75) is 19.3 Å². The first-order valence-corrected chi connectivity index (χ1v) is 5.99. The van der Waals surface area contributed by atoms with Gasteiger partial charge < -0.3 is 9.42 Å². The van der Waals surface area contributed by atoms with Gasteiger partial charge in [0.05, 0.1) is 5.92 Å². The van der Waals surface area contributed by atoms with Crippen molar-refractivity contribution in [2.24, 2.45) is 0 Å². The number of aryl methyl sites for hydroxylation is 1. The Balaban J connectivity index is 1.82. The summed E-state index contributed by atoms with van der Waals surface area (Å²) >= 11 is 0. The highest BCUT2D eigenvalue weighted by atomic mass is 19.1. The minimum absolute atomic E-state index is 0.0209. The van der Waals surface area contributed by atoms with Gasteiger partial charge in [-0.1, -0.05) is 5.16 Å². The van der Waals surface area contributed by atoms with Gasteiger partial charge in [0.2, 0.25) is 11.8 Å². The molecular weight excluding hydrogens is 249 g/mol. The first-order chi connectivity index (χ1) is 9.13. The summed E-state index contributed by atoms with van der Waals surface area (Å²) in [6.07, 6.45) is 0.332. The van der Waals surface area contributed by atoms with E-state index in [1.54, 1.807) is 24.0 Å². The maximum absolute atomic E-state index is 12.9. The van der Waals surface area contributed by atoms with Crippen molar-refractivity contribution in [2.75, 3.05) is 11.4 Å². The van der Waals surface area contributed by atoms with Crippen LogP contribution in [0.3, 0.4) is 0 Å². The molecule has 0 bridgehead atoms. The van der Waals surface area contributed by atoms with Gasteiger partial charge in [-0.15, -0.1) is 0 Å². The number of nitrogens with zero attached hydrogens (tertiary/aromatic N) is 3. The molecule has 0 spiro atoms. The number of amides is 1. The third kappa shape index (κ3) is 2.21. The highest BCUT2D eigenvalue weighted by Gasteiger charge is 2.34. The molecule has 19 heavy (non-hydrogen) atoms. The Morgan fingerprint density at radius 3 is 2.74 bits per heavy atom. The zero-order valence-corrected chi connectivity index (χ0v) is 10.3. The van der Waals surface area contributed by atoms with Gasteiger partial charge in [0.25, 0.3) is 0 Å². The van der Waals surface area contributed by atoms with Crippen LogP contribution in [0.25, 0.3) is 0 Å². The fourth-order valence-electron chi connectivity index (χ4n) is 2.22. The van der Waals surface area contributed by atoms with Gasteiger partial charge in [0.15, 0.2) is 5.82 Å². The average Bonchev–Trinajstić information content (AvgIpc) is 2.97. The van der Waals surface area contributed by atoms with Crippen molar-refractivity contribution >= 4 is 11.6 Å². The van der Waals surface area contributed by atoms with Crippen LogP contribution in [0.5, 0.6) is 0 Å². The monoisotopic (exact) mass is 261 g/mol. The lowest BCUT2D eigenvalue weighted by Crippen LogP contribution is -2.24. The summed E-state index contributed by atoms with van der Waals surface area (Å²) in [6.45, 7) is 2.22. The predicted molar refractivity (Wildman–Crippen MR) is 65.1 cm³/mol. The second kappa shape index (κ2) is 4.46. The van der Waals surface area contributed by atoms with Crippen LogP contribution in [-0.2, 0) is 4.79 Å². The molecule has 1 amide bonds. The summed E-state index contributed by atoms with van der Waals surface area (Å²) in [5, 5.41) is 3.73. The van der Waals surface area contributed by atoms with E-state index < -0.39 is 0 Å². The molecule has 1 aliphatic heterocycles. The van der Waals surface area contributed by atoms with E-state index in [1.165, 1.54) is 12.1 Å². The van der Waals surface area contributed by atoms with Crippen LogP contribution in [-0.4, -0.2) is 22.6 Å². The maximum atomic E-state index is 12.9. The highest BCUT2D eigenvalue weighted by molar-refractivity contribution is 5.96. The first kappa shape index (κ1) is 11.8. The normalized spacial score (nSPS) is 19.2. The lowest BCUT2D eigenvalue weighted by atomic mass is 10.1. The van der Waals surface area contributed by atoms with Gasteiger partial charge in [-0.05, 0) is 31.2 Å². The van der Waals surface area contributed by atoms with E-state index in [0.29, 0.717) is 30.4 Å². The fraction of sp³-hybridized carbons (Fsp3) is 0.308. The minimum atomic E-state index is -0.320. The molecule has 2 heterocycles. The van der Waals surface area contributed by atoms with Crippen molar-refractivity contribution in [1.29, 1.82) is 0 Å². The standard InChI is InChI=1S/C13H12FN3O2/c1-8-15-13(19-16-8)9-6-12(18)17(7-9)11-4-2-10(14)3-5-11/h2-5,9H,6-7H2,1H3/t9-/m0/s1. The van der Waals surface area contributed by atoms with Crippen LogP contribution < -0.4 is 4.90 Å². The SMILES string of the molecule is Cc1noc([C@H]2CC(=O)N(c3ccc(F)cc3)C2)n1. The molecule has 0 saturated carbocycles. The van der Waals surface area contributed by atoms with Gasteiger partial charge >= 0.3 is 0 Å². The summed E-state index contributed by atoms with van der Waals surface area (Å²) in [7, 11) is 0. The smallest absolute Gasteiger partial charge is 0.232 e. The van der Waals surface area contributed by atoms with Crippen LogP contribution in [0.4, 0.5) is 10.1 Å². The maximum Gasteiger partial charge on any atom is 0.232 e. The summed E-state index contributed by atoms with van der Waals surface area (Å²) in [5.74, 6) is 0.601. The van der Waals surface area contributed by atoms with Gasteiger partial charge in [0, 0.05) is 18.7 Å². The lowest BCUT2D eigenvalue weighted by Gasteiger charge is -2.15. The molecule has 1 fully saturated rings. The van der Waals surface area contributed by atoms with E-state index in [-0.39, 0.29) is 17.6 Å². The third-order valence-corrected chi connectivity index (χ3v) is 3.16. The Bertz CT molecular complexity index is 609. The molecule has 1 saturated heterocycles. The molecule has 2 aromatic rings. The number of anilines is 1. The van der Waals surface area contributed by atoms with Gasteiger partial charge in [-0.3, -0.25) is 4.79 Å². The molecule has 0 N–H and O–H groups in total. The number of halogens is 1. The second-order valence-electron chi connectivity index (χ2n) is 4.56. The molecule has 0 unspecified atom stereocenters. The summed E-state index contributed by atoms with van der Waals surface area (Å²) in [4.78, 5) is 17.8. The van der Waals surface area contributed by atoms with Gasteiger partial charge in [-0.25, -0.2) is 4.39 Å². The average molecular weight is 261 g/mol. The molecule has 1 aliphatic rings. The zero-order chi connectivity index (χ0) is 13.4. The van der Waals surface area contributed by atoms with Crippen molar-refractivity contribution < 1.29 is 13.7 Å². The number of benzene rings is 1. The summed E-state index contributed by atoms with van der Waals surface area (Å²) < 4.78 is 18.0. The molecule has 98 valence electrons. The zero-order valence-electron chi connectivity index (χ0n) is 10.3. The predicted octanol–water partition coefficient (Wildman–Crippen LogP) is 2.04. The Morgan fingerprint density at radius 2 is 2.11 bits per heavy atom. The number of rotatable bonds is 2. The molecule has 1 atom stereocenters. The van der Waals surface area contributed by atoms with Crippen LogP contribution in [0, 0.1) is 12.7 Å². The number of hydrogen-bond acceptors (Lipinski definition) is 4. The van der Waals surface area contributed by atoms with Gasteiger partial charge in [-0.2, -0.15) is 4.98 Å². The summed E-state index contributed by atoms with van der Waals surface area (Å²) in [6, 6.07) is 5.86. The highest BCUT2D eigenvalue weighted by Crippen LogP contribution is 2.30.